The van der Waals surface area contributed by atoms with Crippen LogP contribution in [0.3, 0.4) is 0 Å². The molecule has 12 heteroatoms. The van der Waals surface area contributed by atoms with Crippen LogP contribution in [-0.4, -0.2) is 51.8 Å². The Kier molecular flexibility index (Phi) is 31.9. The summed E-state index contributed by atoms with van der Waals surface area (Å²) < 4.78 is 0. The fraction of sp³-hybridized carbons (Fsp3) is 0.526. The lowest BCUT2D eigenvalue weighted by molar-refractivity contribution is 0.817. The summed E-state index contributed by atoms with van der Waals surface area (Å²) >= 11 is 1.50. The van der Waals surface area contributed by atoms with Crippen molar-refractivity contribution in [2.24, 2.45) is 0 Å². The number of hydrogen-bond donors (Lipinski definition) is 2. The number of thioether (sulfide) groups is 1. The first-order valence-corrected chi connectivity index (χ1v) is 8.38. The van der Waals surface area contributed by atoms with E-state index in [9.17, 15) is 0 Å². The molecule has 0 amide bonds. The topological polar surface area (TPSA) is 177 Å². The van der Waals surface area contributed by atoms with E-state index in [4.69, 9.17) is 5.73 Å². The summed E-state index contributed by atoms with van der Waals surface area (Å²) in [6, 6.07) is 0. The highest BCUT2D eigenvalue weighted by atomic mass is 32.2. The smallest absolute Gasteiger partial charge is 0.240 e. The van der Waals surface area contributed by atoms with Gasteiger partial charge in [-0.3, -0.25) is 0 Å². The summed E-state index contributed by atoms with van der Waals surface area (Å²) in [6.45, 7) is 7.42. The number of nitrogens with zero attached hydrogens (tertiary/aromatic N) is 9. The van der Waals surface area contributed by atoms with Crippen LogP contribution >= 0.6 is 11.8 Å². The molecule has 180 valence electrons. The van der Waals surface area contributed by atoms with E-state index in [-0.39, 0.29) is 49.2 Å². The first-order valence-electron chi connectivity index (χ1n) is 7.15. The minimum absolute atomic E-state index is 0. The maximum atomic E-state index is 5.17. The Labute approximate surface area is 193 Å². The number of aryl methyl sites for hydroxylation is 4. The second-order valence-corrected chi connectivity index (χ2v) is 5.46. The van der Waals surface area contributed by atoms with Gasteiger partial charge in [-0.2, -0.15) is 15.3 Å². The number of nitrogens with two attached hydrogens (primary N) is 1. The minimum atomic E-state index is 0. The lowest BCUT2D eigenvalue weighted by Crippen LogP contribution is -1.97. The van der Waals surface area contributed by atoms with Gasteiger partial charge in [0.25, 0.3) is 0 Å². The highest BCUT2D eigenvalue weighted by Gasteiger charge is 1.91. The van der Waals surface area contributed by atoms with Gasteiger partial charge < -0.3 is 11.9 Å². The molecule has 0 aromatic carbocycles. The molecule has 0 unspecified atom stereocenters. The predicted octanol–water partition coefficient (Wildman–Crippen LogP) is 4.50. The quantitative estimate of drug-likeness (QED) is 0.489. The Hall–Kier alpha value is -2.86. The standard InChI is InChI=1S/C5H7N3S.C5H7N3.C4H6N4.5CH4.H3N/c1-4-3-6-8-5(7-4)9-2;1-4-3-6-8-5(2)7-4;1-3-2-6-8-4(5)7-3;;;;;;/h3H,1-2H3;3H,1-2H3;2H,1H3,(H2,5,7,8);5*1H4;1H3. The Balaban J connectivity index is -0.0000000690. The molecule has 3 heterocycles. The highest BCUT2D eigenvalue weighted by molar-refractivity contribution is 7.98. The van der Waals surface area contributed by atoms with Crippen LogP contribution in [0.25, 0.3) is 0 Å². The molecule has 5 N–H and O–H groups in total. The van der Waals surface area contributed by atoms with Crippen LogP contribution in [0, 0.1) is 27.7 Å². The maximum Gasteiger partial charge on any atom is 0.240 e. The first-order chi connectivity index (χ1) is 11.9. The molecule has 0 saturated carbocycles. The average Bonchev–Trinajstić information content (AvgIpc) is 2.55. The Morgan fingerprint density at radius 1 is 0.645 bits per heavy atom. The molecule has 0 spiro atoms. The molecule has 0 aliphatic rings. The summed E-state index contributed by atoms with van der Waals surface area (Å²) in [4.78, 5) is 11.9. The van der Waals surface area contributed by atoms with Gasteiger partial charge in [-0.05, 0) is 34.0 Å². The fourth-order valence-electron chi connectivity index (χ4n) is 1.36. The van der Waals surface area contributed by atoms with Crippen molar-refractivity contribution in [1.29, 1.82) is 0 Å². The van der Waals surface area contributed by atoms with E-state index in [2.05, 4.69) is 45.5 Å². The molecule has 11 nitrogen and oxygen atoms in total. The van der Waals surface area contributed by atoms with Gasteiger partial charge in [0.05, 0.1) is 35.7 Å². The molecule has 0 atom stereocenters. The lowest BCUT2D eigenvalue weighted by Gasteiger charge is -1.91. The van der Waals surface area contributed by atoms with Gasteiger partial charge in [-0.1, -0.05) is 48.9 Å². The van der Waals surface area contributed by atoms with E-state index < -0.39 is 0 Å². The van der Waals surface area contributed by atoms with Gasteiger partial charge in [0.2, 0.25) is 11.1 Å². The van der Waals surface area contributed by atoms with Crippen LogP contribution in [0.5, 0.6) is 0 Å². The molecular weight excluding hydrogens is 414 g/mol. The van der Waals surface area contributed by atoms with Crippen molar-refractivity contribution in [2.75, 3.05) is 12.0 Å². The van der Waals surface area contributed by atoms with E-state index in [1.54, 1.807) is 18.6 Å². The molecule has 31 heavy (non-hydrogen) atoms. The summed E-state index contributed by atoms with van der Waals surface area (Å²) in [5.74, 6) is 0.954. The third kappa shape index (κ3) is 20.2. The maximum absolute atomic E-state index is 5.17. The number of rotatable bonds is 1. The lowest BCUT2D eigenvalue weighted by atomic mass is 10.5. The number of nitrogen functional groups attached to an aromatic ring is 1. The third-order valence-electron chi connectivity index (χ3n) is 2.32. The molecule has 0 fully saturated rings. The van der Waals surface area contributed by atoms with Gasteiger partial charge in [-0.15, -0.1) is 15.3 Å². The van der Waals surface area contributed by atoms with Crippen LogP contribution in [-0.2, 0) is 0 Å². The Morgan fingerprint density at radius 2 is 1.06 bits per heavy atom. The summed E-state index contributed by atoms with van der Waals surface area (Å²) in [6.07, 6.45) is 6.75. The number of aromatic nitrogens is 9. The monoisotopic (exact) mass is 457 g/mol. The van der Waals surface area contributed by atoms with Crippen molar-refractivity contribution >= 4 is 17.7 Å². The summed E-state index contributed by atoms with van der Waals surface area (Å²) in [5.41, 5.74) is 7.79. The van der Waals surface area contributed by atoms with Crippen molar-refractivity contribution in [1.82, 2.24) is 51.7 Å². The zero-order valence-electron chi connectivity index (χ0n) is 15.4. The van der Waals surface area contributed by atoms with Gasteiger partial charge in [-0.25, -0.2) is 15.0 Å². The zero-order valence-corrected chi connectivity index (χ0v) is 16.3. The second kappa shape index (κ2) is 23.4. The van der Waals surface area contributed by atoms with Crippen molar-refractivity contribution in [3.8, 4) is 0 Å². The van der Waals surface area contributed by atoms with Crippen LogP contribution in [0.15, 0.2) is 23.7 Å². The largest absolute Gasteiger partial charge is 0.366 e. The molecule has 3 aromatic rings. The Bertz CT molecular complexity index is 710. The van der Waals surface area contributed by atoms with E-state index >= 15 is 0 Å². The van der Waals surface area contributed by atoms with Gasteiger partial charge >= 0.3 is 0 Å². The van der Waals surface area contributed by atoms with E-state index in [1.165, 1.54) is 11.8 Å². The van der Waals surface area contributed by atoms with Gasteiger partial charge in [0.15, 0.2) is 0 Å². The van der Waals surface area contributed by atoms with Gasteiger partial charge in [0, 0.05) is 0 Å². The van der Waals surface area contributed by atoms with Crippen LogP contribution in [0.2, 0.25) is 0 Å². The van der Waals surface area contributed by atoms with Gasteiger partial charge in [0.1, 0.15) is 5.82 Å². The molecular formula is C19H43N11S. The second-order valence-electron chi connectivity index (χ2n) is 4.69. The van der Waals surface area contributed by atoms with E-state index in [0.29, 0.717) is 0 Å². The third-order valence-corrected chi connectivity index (χ3v) is 2.86. The molecule has 3 aromatic heterocycles. The van der Waals surface area contributed by atoms with Crippen LogP contribution < -0.4 is 11.9 Å². The van der Waals surface area contributed by atoms with E-state index in [1.807, 2.05) is 34.0 Å². The predicted molar refractivity (Wildman–Crippen MR) is 133 cm³/mol. The van der Waals surface area contributed by atoms with Crippen molar-refractivity contribution < 1.29 is 0 Å². The van der Waals surface area contributed by atoms with Crippen molar-refractivity contribution in [3.63, 3.8) is 0 Å². The van der Waals surface area contributed by atoms with Crippen LogP contribution in [0.1, 0.15) is 60.0 Å². The molecule has 3 rings (SSSR count). The fourth-order valence-corrected chi connectivity index (χ4v) is 1.72. The van der Waals surface area contributed by atoms with Crippen molar-refractivity contribution in [3.05, 3.63) is 41.5 Å². The minimum Gasteiger partial charge on any atom is -0.366 e. The molecule has 0 aliphatic heterocycles. The molecule has 0 saturated heterocycles. The summed E-state index contributed by atoms with van der Waals surface area (Å²) in [7, 11) is 0. The van der Waals surface area contributed by atoms with Crippen LogP contribution in [0.4, 0.5) is 5.95 Å². The molecule has 0 bridgehead atoms. The Morgan fingerprint density at radius 3 is 1.32 bits per heavy atom. The molecule has 0 radical (unpaired) electrons. The highest BCUT2D eigenvalue weighted by Crippen LogP contribution is 2.04. The zero-order chi connectivity index (χ0) is 18.7. The van der Waals surface area contributed by atoms with E-state index in [0.717, 1.165) is 28.1 Å². The number of hydrogen-bond acceptors (Lipinski definition) is 12. The summed E-state index contributed by atoms with van der Waals surface area (Å²) in [5, 5.41) is 22.6. The molecule has 0 aliphatic carbocycles. The first kappa shape index (κ1) is 42.3. The SMILES string of the molecule is C.C.C.C.C.CSc1nncc(C)n1.Cc1cnnc(C)n1.Cc1cnnc(N)n1.N. The van der Waals surface area contributed by atoms with Crippen molar-refractivity contribution in [2.45, 2.75) is 70.0 Å². The normalized spacial score (nSPS) is 7.52. The average molecular weight is 458 g/mol. The number of anilines is 1.